The summed E-state index contributed by atoms with van der Waals surface area (Å²) in [6, 6.07) is 0. The molecule has 1 unspecified atom stereocenters. The number of hydrogen-bond acceptors (Lipinski definition) is 1. The van der Waals surface area contributed by atoms with Gasteiger partial charge in [-0.15, -0.1) is 0 Å². The number of ketones is 1. The number of Topliss-reactive ketones (excluding diaryl/α,β-unsaturated/α-hetero) is 1. The third-order valence-electron chi connectivity index (χ3n) is 5.79. The molecule has 0 bridgehead atoms. The van der Waals surface area contributed by atoms with Gasteiger partial charge < -0.3 is 0 Å². The summed E-state index contributed by atoms with van der Waals surface area (Å²) in [6.07, 6.45) is 16.1. The van der Waals surface area contributed by atoms with Gasteiger partial charge in [-0.1, -0.05) is 38.5 Å². The molecule has 0 aromatic carbocycles. The standard InChI is InChI=1S/C18H31OS/c19-17(15-9-3-1-4-10-15)18(20-13-7-8-14-20)16-11-5-2-6-12-16/h15-16,18H,1-14H2/q+1. The molecule has 0 amide bonds. The zero-order valence-corrected chi connectivity index (χ0v) is 13.8. The predicted octanol–water partition coefficient (Wildman–Crippen LogP) is 4.50. The van der Waals surface area contributed by atoms with Crippen molar-refractivity contribution in [2.45, 2.75) is 82.3 Å². The number of carbonyl (C=O) groups excluding carboxylic acids is 1. The van der Waals surface area contributed by atoms with Crippen LogP contribution in [0.15, 0.2) is 0 Å². The highest BCUT2D eigenvalue weighted by Gasteiger charge is 2.46. The van der Waals surface area contributed by atoms with Gasteiger partial charge in [0.1, 0.15) is 11.5 Å². The monoisotopic (exact) mass is 295 g/mol. The van der Waals surface area contributed by atoms with Crippen LogP contribution in [-0.2, 0) is 15.7 Å². The van der Waals surface area contributed by atoms with Gasteiger partial charge in [0, 0.05) is 11.8 Å². The van der Waals surface area contributed by atoms with Crippen LogP contribution in [0, 0.1) is 11.8 Å². The molecule has 114 valence electrons. The lowest BCUT2D eigenvalue weighted by atomic mass is 9.79. The van der Waals surface area contributed by atoms with Gasteiger partial charge in [-0.3, -0.25) is 4.79 Å². The summed E-state index contributed by atoms with van der Waals surface area (Å²) in [5, 5.41) is 0.487. The molecule has 20 heavy (non-hydrogen) atoms. The molecule has 2 saturated carbocycles. The number of hydrogen-bond donors (Lipinski definition) is 0. The number of rotatable bonds is 4. The van der Waals surface area contributed by atoms with E-state index in [9.17, 15) is 4.79 Å². The first kappa shape index (κ1) is 14.9. The maximum atomic E-state index is 13.2. The Labute approximate surface area is 127 Å². The van der Waals surface area contributed by atoms with E-state index in [2.05, 4.69) is 0 Å². The molecule has 2 aliphatic carbocycles. The highest BCUT2D eigenvalue weighted by molar-refractivity contribution is 7.98. The van der Waals surface area contributed by atoms with Crippen molar-refractivity contribution in [3.63, 3.8) is 0 Å². The second-order valence-electron chi connectivity index (χ2n) is 7.21. The highest BCUT2D eigenvalue weighted by Crippen LogP contribution is 2.37. The Morgan fingerprint density at radius 3 is 1.90 bits per heavy atom. The molecular formula is C18H31OS+. The van der Waals surface area contributed by atoms with E-state index >= 15 is 0 Å². The molecule has 1 aliphatic heterocycles. The molecule has 1 atom stereocenters. The molecule has 2 heteroatoms. The van der Waals surface area contributed by atoms with Gasteiger partial charge >= 0.3 is 0 Å². The molecule has 1 nitrogen and oxygen atoms in total. The fourth-order valence-electron chi connectivity index (χ4n) is 4.66. The minimum atomic E-state index is 0.448. The average Bonchev–Trinajstić information content (AvgIpc) is 3.03. The van der Waals surface area contributed by atoms with E-state index < -0.39 is 0 Å². The van der Waals surface area contributed by atoms with Crippen LogP contribution in [0.2, 0.25) is 0 Å². The zero-order chi connectivity index (χ0) is 13.8. The summed E-state index contributed by atoms with van der Waals surface area (Å²) in [6.45, 7) is 0. The van der Waals surface area contributed by atoms with Crippen LogP contribution < -0.4 is 0 Å². The SMILES string of the molecule is O=C(C1CCCCC1)C(C1CCCCC1)[S+]1CCCC1. The summed E-state index contributed by atoms with van der Waals surface area (Å²) in [4.78, 5) is 13.2. The highest BCUT2D eigenvalue weighted by atomic mass is 32.2. The largest absolute Gasteiger partial charge is 0.294 e. The van der Waals surface area contributed by atoms with E-state index in [1.54, 1.807) is 0 Å². The fourth-order valence-corrected chi connectivity index (χ4v) is 7.86. The third kappa shape index (κ3) is 3.43. The van der Waals surface area contributed by atoms with E-state index in [-0.39, 0.29) is 0 Å². The van der Waals surface area contributed by atoms with Crippen LogP contribution >= 0.6 is 0 Å². The molecule has 1 saturated heterocycles. The molecule has 0 N–H and O–H groups in total. The lowest BCUT2D eigenvalue weighted by Crippen LogP contribution is -2.43. The second-order valence-corrected chi connectivity index (χ2v) is 9.61. The van der Waals surface area contributed by atoms with Crippen molar-refractivity contribution in [2.24, 2.45) is 11.8 Å². The lowest BCUT2D eigenvalue weighted by Gasteiger charge is -2.31. The van der Waals surface area contributed by atoms with Crippen LogP contribution in [0.25, 0.3) is 0 Å². The smallest absolute Gasteiger partial charge is 0.188 e. The van der Waals surface area contributed by atoms with Crippen LogP contribution in [0.4, 0.5) is 0 Å². The minimum Gasteiger partial charge on any atom is -0.294 e. The summed E-state index contributed by atoms with van der Waals surface area (Å²) in [5.41, 5.74) is 0. The Kier molecular flexibility index (Phi) is 5.48. The zero-order valence-electron chi connectivity index (χ0n) is 12.9. The van der Waals surface area contributed by atoms with Crippen molar-refractivity contribution in [3.05, 3.63) is 0 Å². The second kappa shape index (κ2) is 7.33. The van der Waals surface area contributed by atoms with Crippen LogP contribution in [0.3, 0.4) is 0 Å². The van der Waals surface area contributed by atoms with Crippen LogP contribution in [-0.4, -0.2) is 22.5 Å². The summed E-state index contributed by atoms with van der Waals surface area (Å²) < 4.78 is 0. The molecule has 3 fully saturated rings. The van der Waals surface area contributed by atoms with E-state index in [0.717, 1.165) is 11.7 Å². The lowest BCUT2D eigenvalue weighted by molar-refractivity contribution is -0.124. The van der Waals surface area contributed by atoms with Crippen molar-refractivity contribution in [1.82, 2.24) is 0 Å². The van der Waals surface area contributed by atoms with Gasteiger partial charge in [-0.2, -0.15) is 0 Å². The van der Waals surface area contributed by atoms with E-state index in [4.69, 9.17) is 0 Å². The van der Waals surface area contributed by atoms with Crippen molar-refractivity contribution in [1.29, 1.82) is 0 Å². The maximum absolute atomic E-state index is 13.2. The molecule has 3 aliphatic rings. The van der Waals surface area contributed by atoms with Gasteiger partial charge in [0.15, 0.2) is 11.0 Å². The Bertz CT molecular complexity index is 309. The molecule has 0 aromatic heterocycles. The van der Waals surface area contributed by atoms with Crippen molar-refractivity contribution in [3.8, 4) is 0 Å². The van der Waals surface area contributed by atoms with Gasteiger partial charge in [0.05, 0.1) is 0 Å². The quantitative estimate of drug-likeness (QED) is 0.698. The van der Waals surface area contributed by atoms with Crippen LogP contribution in [0.5, 0.6) is 0 Å². The predicted molar refractivity (Wildman–Crippen MR) is 88.3 cm³/mol. The number of carbonyl (C=O) groups is 1. The molecule has 0 spiro atoms. The van der Waals surface area contributed by atoms with Gasteiger partial charge in [0.25, 0.3) is 0 Å². The first-order valence-corrected chi connectivity index (χ1v) is 10.7. The van der Waals surface area contributed by atoms with E-state index in [1.807, 2.05) is 0 Å². The maximum Gasteiger partial charge on any atom is 0.188 e. The van der Waals surface area contributed by atoms with Gasteiger partial charge in [-0.05, 0) is 49.4 Å². The summed E-state index contributed by atoms with van der Waals surface area (Å²) in [5.74, 6) is 4.68. The van der Waals surface area contributed by atoms with Gasteiger partial charge in [0.2, 0.25) is 0 Å². The first-order chi connectivity index (χ1) is 9.86. The Balaban J connectivity index is 1.70. The molecule has 3 rings (SSSR count). The van der Waals surface area contributed by atoms with Gasteiger partial charge in [-0.25, -0.2) is 0 Å². The fraction of sp³-hybridized carbons (Fsp3) is 0.944. The summed E-state index contributed by atoms with van der Waals surface area (Å²) >= 11 is 0. The molecular weight excluding hydrogens is 264 g/mol. The average molecular weight is 296 g/mol. The third-order valence-corrected chi connectivity index (χ3v) is 8.75. The summed E-state index contributed by atoms with van der Waals surface area (Å²) in [7, 11) is 0.456. The Hall–Kier alpha value is 0.0200. The topological polar surface area (TPSA) is 17.1 Å². The van der Waals surface area contributed by atoms with Crippen molar-refractivity contribution in [2.75, 3.05) is 11.5 Å². The molecule has 0 radical (unpaired) electrons. The first-order valence-electron chi connectivity index (χ1n) is 9.06. The normalized spacial score (nSPS) is 28.6. The Morgan fingerprint density at radius 2 is 1.30 bits per heavy atom. The van der Waals surface area contributed by atoms with E-state index in [1.165, 1.54) is 88.6 Å². The van der Waals surface area contributed by atoms with Crippen molar-refractivity contribution >= 4 is 16.7 Å². The van der Waals surface area contributed by atoms with E-state index in [0.29, 0.717) is 22.1 Å². The van der Waals surface area contributed by atoms with Crippen LogP contribution in [0.1, 0.15) is 77.0 Å². The minimum absolute atomic E-state index is 0.448. The van der Waals surface area contributed by atoms with Crippen molar-refractivity contribution < 1.29 is 4.79 Å². The molecule has 0 aromatic rings. The Morgan fingerprint density at radius 1 is 0.750 bits per heavy atom. The molecule has 1 heterocycles.